The molecule has 1 unspecified atom stereocenters. The summed E-state index contributed by atoms with van der Waals surface area (Å²) in [5.41, 5.74) is 2.38. The molecule has 1 aliphatic heterocycles. The minimum absolute atomic E-state index is 0. The summed E-state index contributed by atoms with van der Waals surface area (Å²) < 4.78 is 1.84. The van der Waals surface area contributed by atoms with Crippen LogP contribution in [0.4, 0.5) is 5.82 Å². The Labute approximate surface area is 203 Å². The fourth-order valence-electron chi connectivity index (χ4n) is 3.77. The monoisotopic (exact) mass is 540 g/mol. The average Bonchev–Trinajstić information content (AvgIpc) is 3.15. The molecule has 3 rings (SSSR count). The van der Waals surface area contributed by atoms with E-state index in [0.29, 0.717) is 12.6 Å². The first-order chi connectivity index (χ1) is 14.5. The number of hydrogen-bond acceptors (Lipinski definition) is 5. The zero-order valence-electron chi connectivity index (χ0n) is 19.4. The van der Waals surface area contributed by atoms with Crippen molar-refractivity contribution in [2.24, 2.45) is 12.0 Å². The topological polar surface area (TPSA) is 73.6 Å². The summed E-state index contributed by atoms with van der Waals surface area (Å²) in [6.07, 6.45) is 8.07. The van der Waals surface area contributed by atoms with Gasteiger partial charge in [0.2, 0.25) is 0 Å². The van der Waals surface area contributed by atoms with Gasteiger partial charge in [-0.15, -0.1) is 24.0 Å². The first-order valence-electron chi connectivity index (χ1n) is 10.8. The third kappa shape index (κ3) is 7.34. The summed E-state index contributed by atoms with van der Waals surface area (Å²) in [4.78, 5) is 14.0. The maximum atomic E-state index is 4.89. The lowest BCUT2D eigenvalue weighted by Gasteiger charge is -2.34. The Bertz CT molecular complexity index is 809. The molecule has 9 heteroatoms. The summed E-state index contributed by atoms with van der Waals surface area (Å²) >= 11 is 0. The highest BCUT2D eigenvalue weighted by atomic mass is 127. The van der Waals surface area contributed by atoms with Crippen molar-refractivity contribution in [3.05, 3.63) is 41.9 Å². The Morgan fingerprint density at radius 2 is 2.00 bits per heavy atom. The summed E-state index contributed by atoms with van der Waals surface area (Å²) in [5.74, 6) is 1.96. The molecule has 31 heavy (non-hydrogen) atoms. The molecular formula is C22H37IN8. The van der Waals surface area contributed by atoms with Gasteiger partial charge in [0, 0.05) is 50.7 Å². The van der Waals surface area contributed by atoms with Crippen molar-refractivity contribution in [3.8, 4) is 0 Å². The number of pyridine rings is 1. The molecule has 1 fully saturated rings. The van der Waals surface area contributed by atoms with E-state index in [9.17, 15) is 0 Å². The Balaban J connectivity index is 0.00000341. The number of nitrogens with zero attached hydrogens (tertiary/aromatic N) is 6. The lowest BCUT2D eigenvalue weighted by Crippen LogP contribution is -2.49. The van der Waals surface area contributed by atoms with Crippen LogP contribution in [0.15, 0.2) is 35.7 Å². The van der Waals surface area contributed by atoms with Gasteiger partial charge in [-0.2, -0.15) is 5.10 Å². The molecule has 1 aliphatic rings. The highest BCUT2D eigenvalue weighted by molar-refractivity contribution is 14.0. The van der Waals surface area contributed by atoms with Crippen LogP contribution in [-0.4, -0.2) is 71.9 Å². The second-order valence-corrected chi connectivity index (χ2v) is 8.25. The summed E-state index contributed by atoms with van der Waals surface area (Å²) in [7, 11) is 6.12. The van der Waals surface area contributed by atoms with E-state index in [-0.39, 0.29) is 30.0 Å². The maximum Gasteiger partial charge on any atom is 0.191 e. The number of aryl methyl sites for hydroxylation is 2. The zero-order chi connectivity index (χ0) is 21.5. The van der Waals surface area contributed by atoms with Crippen molar-refractivity contribution < 1.29 is 0 Å². The van der Waals surface area contributed by atoms with Gasteiger partial charge in [-0.3, -0.25) is 9.67 Å². The smallest absolute Gasteiger partial charge is 0.191 e. The van der Waals surface area contributed by atoms with E-state index in [1.807, 2.05) is 24.1 Å². The quantitative estimate of drug-likeness (QED) is 0.320. The first kappa shape index (κ1) is 25.4. The molecule has 1 atom stereocenters. The number of rotatable bonds is 7. The lowest BCUT2D eigenvalue weighted by molar-refractivity contribution is 0.306. The molecule has 2 N–H and O–H groups in total. The number of aliphatic imine (C=N–C) groups is 1. The third-order valence-electron chi connectivity index (χ3n) is 5.56. The van der Waals surface area contributed by atoms with Crippen molar-refractivity contribution in [2.75, 3.05) is 45.2 Å². The van der Waals surface area contributed by atoms with Crippen LogP contribution >= 0.6 is 24.0 Å². The van der Waals surface area contributed by atoms with Crippen molar-refractivity contribution >= 4 is 35.8 Å². The van der Waals surface area contributed by atoms with Gasteiger partial charge in [-0.25, -0.2) is 4.98 Å². The van der Waals surface area contributed by atoms with E-state index >= 15 is 0 Å². The Hall–Kier alpha value is -1.88. The van der Waals surface area contributed by atoms with Crippen molar-refractivity contribution in [2.45, 2.75) is 38.8 Å². The largest absolute Gasteiger partial charge is 0.357 e. The highest BCUT2D eigenvalue weighted by Gasteiger charge is 2.21. The SMILES string of the molecule is CCNC(=NCC(c1cnn(C)c1)N(C)C)NC1CCN(c2ccc(C)cn2)CC1.I. The fourth-order valence-corrected chi connectivity index (χ4v) is 3.77. The number of piperidine rings is 1. The molecule has 172 valence electrons. The van der Waals surface area contributed by atoms with Crippen LogP contribution in [0.5, 0.6) is 0 Å². The van der Waals surface area contributed by atoms with Crippen LogP contribution in [0.25, 0.3) is 0 Å². The van der Waals surface area contributed by atoms with Crippen molar-refractivity contribution in [3.63, 3.8) is 0 Å². The molecular weight excluding hydrogens is 503 g/mol. The van der Waals surface area contributed by atoms with Gasteiger partial charge in [0.1, 0.15) is 5.82 Å². The predicted octanol–water partition coefficient (Wildman–Crippen LogP) is 2.57. The molecule has 0 bridgehead atoms. The third-order valence-corrected chi connectivity index (χ3v) is 5.56. The minimum atomic E-state index is 0. The zero-order valence-corrected chi connectivity index (χ0v) is 21.7. The van der Waals surface area contributed by atoms with Crippen LogP contribution in [0.3, 0.4) is 0 Å². The van der Waals surface area contributed by atoms with Gasteiger partial charge in [-0.1, -0.05) is 6.07 Å². The molecule has 8 nitrogen and oxygen atoms in total. The molecule has 0 spiro atoms. The molecule has 2 aromatic rings. The van der Waals surface area contributed by atoms with Crippen LogP contribution in [0, 0.1) is 6.92 Å². The lowest BCUT2D eigenvalue weighted by atomic mass is 10.1. The van der Waals surface area contributed by atoms with Gasteiger partial charge in [-0.05, 0) is 52.4 Å². The number of likely N-dealkylation sites (N-methyl/N-ethyl adjacent to an activating group) is 1. The van der Waals surface area contributed by atoms with E-state index < -0.39 is 0 Å². The molecule has 1 saturated heterocycles. The van der Waals surface area contributed by atoms with E-state index in [0.717, 1.165) is 44.3 Å². The van der Waals surface area contributed by atoms with E-state index in [2.05, 4.69) is 76.8 Å². The van der Waals surface area contributed by atoms with E-state index in [1.54, 1.807) is 0 Å². The Kier molecular flexibility index (Phi) is 10.0. The standard InChI is InChI=1S/C22H36N8.HI/c1-6-23-22(25-15-20(28(3)4)18-14-26-29(5)16-18)27-19-9-11-30(12-10-19)21-8-7-17(2)13-24-21;/h7-8,13-14,16,19-20H,6,9-12,15H2,1-5H3,(H2,23,25,27);1H. The van der Waals surface area contributed by atoms with Crippen LogP contribution < -0.4 is 15.5 Å². The second kappa shape index (κ2) is 12.2. The number of aromatic nitrogens is 3. The maximum absolute atomic E-state index is 4.89. The second-order valence-electron chi connectivity index (χ2n) is 8.25. The molecule has 0 radical (unpaired) electrons. The van der Waals surface area contributed by atoms with E-state index in [1.165, 1.54) is 11.1 Å². The van der Waals surface area contributed by atoms with Gasteiger partial charge < -0.3 is 20.4 Å². The van der Waals surface area contributed by atoms with Crippen molar-refractivity contribution in [1.29, 1.82) is 0 Å². The van der Waals surface area contributed by atoms with Crippen LogP contribution in [0.2, 0.25) is 0 Å². The van der Waals surface area contributed by atoms with Crippen molar-refractivity contribution in [1.82, 2.24) is 30.3 Å². The molecule has 2 aromatic heterocycles. The van der Waals surface area contributed by atoms with Gasteiger partial charge in [0.15, 0.2) is 5.96 Å². The Morgan fingerprint density at radius 1 is 1.26 bits per heavy atom. The molecule has 0 aromatic carbocycles. The van der Waals surface area contributed by atoms with Gasteiger partial charge in [0.05, 0.1) is 18.8 Å². The first-order valence-corrected chi connectivity index (χ1v) is 10.8. The summed E-state index contributed by atoms with van der Waals surface area (Å²) in [6.45, 7) is 7.71. The number of anilines is 1. The average molecular weight is 540 g/mol. The van der Waals surface area contributed by atoms with Gasteiger partial charge >= 0.3 is 0 Å². The van der Waals surface area contributed by atoms with Crippen LogP contribution in [0.1, 0.15) is 36.9 Å². The Morgan fingerprint density at radius 3 is 2.55 bits per heavy atom. The van der Waals surface area contributed by atoms with E-state index in [4.69, 9.17) is 4.99 Å². The molecule has 0 aliphatic carbocycles. The minimum Gasteiger partial charge on any atom is -0.357 e. The summed E-state index contributed by atoms with van der Waals surface area (Å²) in [6, 6.07) is 4.87. The normalized spacial score (nSPS) is 16.2. The fraction of sp³-hybridized carbons (Fsp3) is 0.591. The summed E-state index contributed by atoms with van der Waals surface area (Å²) in [5, 5.41) is 11.4. The number of nitrogens with one attached hydrogen (secondary N) is 2. The molecule has 0 amide bonds. The molecule has 3 heterocycles. The highest BCUT2D eigenvalue weighted by Crippen LogP contribution is 2.19. The van der Waals surface area contributed by atoms with Crippen LogP contribution in [-0.2, 0) is 7.05 Å². The predicted molar refractivity (Wildman–Crippen MR) is 138 cm³/mol. The number of hydrogen-bond donors (Lipinski definition) is 2. The molecule has 0 saturated carbocycles. The van der Waals surface area contributed by atoms with Gasteiger partial charge in [0.25, 0.3) is 0 Å². The number of guanidine groups is 1. The number of halogens is 1.